The van der Waals surface area contributed by atoms with Crippen LogP contribution in [0.3, 0.4) is 0 Å². The van der Waals surface area contributed by atoms with Gasteiger partial charge < -0.3 is 97.3 Å². The van der Waals surface area contributed by atoms with Gasteiger partial charge in [-0.2, -0.15) is 11.8 Å². The molecule has 15 atom stereocenters. The van der Waals surface area contributed by atoms with E-state index in [2.05, 4.69) is 16.0 Å². The highest BCUT2D eigenvalue weighted by Crippen LogP contribution is 2.25. The Morgan fingerprint density at radius 3 is 1.73 bits per heavy atom. The molecule has 16 N–H and O–H groups in total. The summed E-state index contributed by atoms with van der Waals surface area (Å²) in [4.78, 5) is 34.9. The Balaban J connectivity index is 1.32. The lowest BCUT2D eigenvalue weighted by molar-refractivity contribution is -0.271. The predicted octanol–water partition coefficient (Wildman–Crippen LogP) is -7.29. The van der Waals surface area contributed by atoms with E-state index in [-0.39, 0.29) is 57.2 Å². The topological polar surface area (TPSA) is 362 Å². The summed E-state index contributed by atoms with van der Waals surface area (Å²) in [6, 6.07) is -3.18. The molecule has 15 unspecified atom stereocenters. The number of hydrogen-bond donors (Lipinski definition) is 13. The maximum atomic E-state index is 12.2. The summed E-state index contributed by atoms with van der Waals surface area (Å²) in [5.74, 6) is 0.546. The maximum absolute atomic E-state index is 12.2. The van der Waals surface area contributed by atoms with Crippen LogP contribution >= 0.6 is 11.8 Å². The summed E-state index contributed by atoms with van der Waals surface area (Å²) in [5.41, 5.74) is 18.1. The van der Waals surface area contributed by atoms with E-state index in [1.807, 2.05) is 0 Å². The number of carbonyl (C=O) groups is 3. The molecule has 3 saturated heterocycles. The summed E-state index contributed by atoms with van der Waals surface area (Å²) in [7, 11) is 1.46. The minimum Gasteiger partial charge on any atom is -0.394 e. The standard InChI is InChI=1S/C33H62N6O16S/c1-37-22(42)10-23(43)39-6-9-56-8-2-4-21(41)38-5-3-7-52-33-26(36)32(49)29(46)20(55-33)15-51-13-18-25(35)31(48)28(45)19(54-18)14-50-12-17-24(34)30(47)27(44)16(11-40)53-17/h16-20,24-33,40,44-49H,2-15,34-36H2,1H3,(H,37,42)(H,38,41)(H,39,43). The number of nitrogens with two attached hydrogens (primary N) is 3. The molecule has 22 nitrogen and oxygen atoms in total. The number of nitrogens with one attached hydrogen (secondary N) is 3. The molecule has 0 aliphatic carbocycles. The summed E-state index contributed by atoms with van der Waals surface area (Å²) < 4.78 is 34.2. The molecule has 3 heterocycles. The van der Waals surface area contributed by atoms with Crippen molar-refractivity contribution in [2.75, 3.05) is 71.3 Å². The van der Waals surface area contributed by atoms with Crippen molar-refractivity contribution in [1.29, 1.82) is 0 Å². The van der Waals surface area contributed by atoms with Crippen molar-refractivity contribution in [2.45, 2.75) is 117 Å². The van der Waals surface area contributed by atoms with Crippen LogP contribution in [0.2, 0.25) is 0 Å². The Kier molecular flexibility index (Phi) is 21.6. The first kappa shape index (κ1) is 48.5. The summed E-state index contributed by atoms with van der Waals surface area (Å²) in [5, 5.41) is 79.7. The molecular formula is C33H62N6O16S. The van der Waals surface area contributed by atoms with Crippen molar-refractivity contribution in [2.24, 2.45) is 17.2 Å². The lowest BCUT2D eigenvalue weighted by atomic mass is 9.93. The smallest absolute Gasteiger partial charge is 0.229 e. The van der Waals surface area contributed by atoms with Gasteiger partial charge in [-0.15, -0.1) is 0 Å². The first-order valence-corrected chi connectivity index (χ1v) is 19.9. The molecule has 0 aromatic rings. The van der Waals surface area contributed by atoms with Gasteiger partial charge in [0.1, 0.15) is 61.4 Å². The number of carbonyl (C=O) groups excluding carboxylic acids is 3. The molecule has 0 radical (unpaired) electrons. The summed E-state index contributed by atoms with van der Waals surface area (Å²) >= 11 is 1.58. The van der Waals surface area contributed by atoms with Gasteiger partial charge in [-0.25, -0.2) is 0 Å². The molecule has 0 aromatic carbocycles. The predicted molar refractivity (Wildman–Crippen MR) is 197 cm³/mol. The number of amides is 3. The normalized spacial score (nSPS) is 36.2. The average molecular weight is 831 g/mol. The van der Waals surface area contributed by atoms with E-state index >= 15 is 0 Å². The first-order chi connectivity index (χ1) is 26.7. The van der Waals surface area contributed by atoms with Crippen molar-refractivity contribution in [3.8, 4) is 0 Å². The third kappa shape index (κ3) is 14.7. The number of thioether (sulfide) groups is 1. The number of aliphatic hydroxyl groups is 7. The van der Waals surface area contributed by atoms with Crippen molar-refractivity contribution in [1.82, 2.24) is 16.0 Å². The Labute approximate surface area is 329 Å². The number of rotatable bonds is 23. The molecular weight excluding hydrogens is 768 g/mol. The van der Waals surface area contributed by atoms with Gasteiger partial charge in [0.15, 0.2) is 6.29 Å². The molecule has 23 heteroatoms. The third-order valence-electron chi connectivity index (χ3n) is 9.65. The van der Waals surface area contributed by atoms with Crippen molar-refractivity contribution < 1.29 is 78.6 Å². The first-order valence-electron chi connectivity index (χ1n) is 18.7. The van der Waals surface area contributed by atoms with Crippen molar-refractivity contribution >= 4 is 29.5 Å². The van der Waals surface area contributed by atoms with E-state index in [1.54, 1.807) is 11.8 Å². The van der Waals surface area contributed by atoms with Gasteiger partial charge in [-0.1, -0.05) is 0 Å². The van der Waals surface area contributed by atoms with Crippen LogP contribution in [0.15, 0.2) is 0 Å². The molecule has 326 valence electrons. The van der Waals surface area contributed by atoms with Gasteiger partial charge in [0.05, 0.1) is 70.0 Å². The van der Waals surface area contributed by atoms with Gasteiger partial charge in [0.25, 0.3) is 0 Å². The fraction of sp³-hybridized carbons (Fsp3) is 0.909. The molecule has 3 fully saturated rings. The van der Waals surface area contributed by atoms with E-state index in [9.17, 15) is 50.1 Å². The molecule has 0 aromatic heterocycles. The lowest BCUT2D eigenvalue weighted by Crippen LogP contribution is -2.64. The number of ether oxygens (including phenoxy) is 6. The molecule has 0 bridgehead atoms. The van der Waals surface area contributed by atoms with Gasteiger partial charge in [0, 0.05) is 32.3 Å². The van der Waals surface area contributed by atoms with E-state index in [0.717, 1.165) is 5.75 Å². The fourth-order valence-electron chi connectivity index (χ4n) is 6.14. The minimum absolute atomic E-state index is 0.119. The highest BCUT2D eigenvalue weighted by molar-refractivity contribution is 7.99. The zero-order chi connectivity index (χ0) is 41.4. The lowest BCUT2D eigenvalue weighted by Gasteiger charge is -2.43. The van der Waals surface area contributed by atoms with Crippen LogP contribution in [0.1, 0.15) is 25.7 Å². The van der Waals surface area contributed by atoms with E-state index in [0.29, 0.717) is 38.1 Å². The van der Waals surface area contributed by atoms with Crippen LogP contribution in [-0.2, 0) is 42.8 Å². The van der Waals surface area contributed by atoms with Crippen molar-refractivity contribution in [3.63, 3.8) is 0 Å². The number of aliphatic hydroxyl groups excluding tert-OH is 7. The monoisotopic (exact) mass is 830 g/mol. The van der Waals surface area contributed by atoms with Gasteiger partial charge in [-0.3, -0.25) is 14.4 Å². The zero-order valence-corrected chi connectivity index (χ0v) is 32.3. The quantitative estimate of drug-likeness (QED) is 0.0336. The molecule has 0 saturated carbocycles. The maximum Gasteiger partial charge on any atom is 0.229 e. The highest BCUT2D eigenvalue weighted by Gasteiger charge is 2.46. The van der Waals surface area contributed by atoms with Gasteiger partial charge in [-0.05, 0) is 18.6 Å². The molecule has 0 spiro atoms. The molecule has 56 heavy (non-hydrogen) atoms. The van der Waals surface area contributed by atoms with E-state index < -0.39 is 98.2 Å². The average Bonchev–Trinajstić information content (AvgIpc) is 3.18. The largest absolute Gasteiger partial charge is 0.394 e. The fourth-order valence-corrected chi connectivity index (χ4v) is 6.94. The minimum atomic E-state index is -1.43. The van der Waals surface area contributed by atoms with Crippen LogP contribution in [0.5, 0.6) is 0 Å². The zero-order valence-electron chi connectivity index (χ0n) is 31.5. The molecule has 3 aliphatic heterocycles. The van der Waals surface area contributed by atoms with Gasteiger partial charge >= 0.3 is 0 Å². The second kappa shape index (κ2) is 24.9. The van der Waals surface area contributed by atoms with Crippen molar-refractivity contribution in [3.05, 3.63) is 0 Å². The molecule has 3 rings (SSSR count). The van der Waals surface area contributed by atoms with E-state index in [4.69, 9.17) is 45.6 Å². The Bertz CT molecular complexity index is 1190. The Hall–Kier alpha value is -1.88. The van der Waals surface area contributed by atoms with E-state index in [1.165, 1.54) is 7.05 Å². The van der Waals surface area contributed by atoms with Crippen LogP contribution in [0.25, 0.3) is 0 Å². The van der Waals surface area contributed by atoms with Crippen LogP contribution in [0, 0.1) is 0 Å². The SMILES string of the molecule is CNC(=O)CC(=O)NCCSCCCC(=O)NCCCOC1OC(COCC2OC(COCC3OC(CO)C(O)C(O)C3N)C(O)C(O)C2N)C(O)C(O)C1N. The summed E-state index contributed by atoms with van der Waals surface area (Å²) in [6.45, 7) is -0.599. The molecule has 3 aliphatic rings. The third-order valence-corrected chi connectivity index (χ3v) is 10.7. The number of hydrogen-bond acceptors (Lipinski definition) is 20. The Morgan fingerprint density at radius 1 is 0.625 bits per heavy atom. The summed E-state index contributed by atoms with van der Waals surface area (Å²) in [6.07, 6.45) is -13.4. The Morgan fingerprint density at radius 2 is 1.14 bits per heavy atom. The van der Waals surface area contributed by atoms with Crippen LogP contribution in [0.4, 0.5) is 0 Å². The van der Waals surface area contributed by atoms with Gasteiger partial charge in [0.2, 0.25) is 17.7 Å². The van der Waals surface area contributed by atoms with Crippen LogP contribution in [-0.4, -0.2) is 216 Å². The highest BCUT2D eigenvalue weighted by atomic mass is 32.2. The second-order valence-electron chi connectivity index (χ2n) is 13.9. The second-order valence-corrected chi connectivity index (χ2v) is 15.1. The molecule has 3 amide bonds. The van der Waals surface area contributed by atoms with Crippen LogP contribution < -0.4 is 33.2 Å².